The van der Waals surface area contributed by atoms with Gasteiger partial charge in [-0.1, -0.05) is 0 Å². The fraction of sp³-hybridized carbons (Fsp3) is 0.462. The maximum absolute atomic E-state index is 11.9. The van der Waals surface area contributed by atoms with E-state index in [0.29, 0.717) is 23.5 Å². The molecule has 0 spiro atoms. The largest absolute Gasteiger partial charge is 0.398 e. The second kappa shape index (κ2) is 5.65. The third-order valence-corrected chi connectivity index (χ3v) is 5.97. The summed E-state index contributed by atoms with van der Waals surface area (Å²) in [6.45, 7) is 2.11. The van der Waals surface area contributed by atoms with Gasteiger partial charge in [0.25, 0.3) is 0 Å². The third-order valence-electron chi connectivity index (χ3n) is 3.32. The van der Waals surface area contributed by atoms with Crippen LogP contribution in [0.25, 0.3) is 0 Å². The van der Waals surface area contributed by atoms with Crippen LogP contribution in [0.15, 0.2) is 18.2 Å². The van der Waals surface area contributed by atoms with Crippen LogP contribution >= 0.6 is 11.8 Å². The summed E-state index contributed by atoms with van der Waals surface area (Å²) in [5, 5.41) is -0.538. The van der Waals surface area contributed by atoms with Crippen LogP contribution in [-0.4, -0.2) is 43.9 Å². The lowest BCUT2D eigenvalue weighted by Gasteiger charge is -2.36. The van der Waals surface area contributed by atoms with Crippen LogP contribution in [-0.2, 0) is 9.84 Å². The van der Waals surface area contributed by atoms with E-state index in [9.17, 15) is 13.2 Å². The van der Waals surface area contributed by atoms with Crippen molar-refractivity contribution in [2.24, 2.45) is 0 Å². The van der Waals surface area contributed by atoms with Crippen molar-refractivity contribution in [1.29, 1.82) is 0 Å². The van der Waals surface area contributed by atoms with Gasteiger partial charge in [0, 0.05) is 41.2 Å². The number of anilines is 2. The molecule has 1 unspecified atom stereocenters. The first-order valence-electron chi connectivity index (χ1n) is 6.24. The van der Waals surface area contributed by atoms with E-state index in [1.54, 1.807) is 30.0 Å². The Morgan fingerprint density at radius 1 is 1.45 bits per heavy atom. The predicted octanol–water partition coefficient (Wildman–Crippen LogP) is 1.40. The number of nitrogens with two attached hydrogens (primary N) is 1. The summed E-state index contributed by atoms with van der Waals surface area (Å²) in [7, 11) is -3.17. The van der Waals surface area contributed by atoms with Gasteiger partial charge in [0.15, 0.2) is 15.6 Å². The number of carbonyl (C=O) groups is 1. The number of sulfone groups is 1. The zero-order valence-corrected chi connectivity index (χ0v) is 13.1. The number of nitrogen functional groups attached to an aromatic ring is 1. The van der Waals surface area contributed by atoms with Crippen molar-refractivity contribution in [3.05, 3.63) is 23.8 Å². The molecule has 0 radical (unpaired) electrons. The maximum atomic E-state index is 11.9. The summed E-state index contributed by atoms with van der Waals surface area (Å²) in [6.07, 6.45) is 1.25. The first kappa shape index (κ1) is 15.2. The van der Waals surface area contributed by atoms with Crippen molar-refractivity contribution in [1.82, 2.24) is 0 Å². The lowest BCUT2D eigenvalue weighted by Crippen LogP contribution is -2.47. The molecule has 2 rings (SSSR count). The zero-order chi connectivity index (χ0) is 14.9. The van der Waals surface area contributed by atoms with Crippen LogP contribution in [0.5, 0.6) is 0 Å². The number of ketones is 1. The molecule has 1 saturated heterocycles. The molecule has 110 valence electrons. The number of nitrogens with zero attached hydrogens (tertiary/aromatic N) is 1. The first-order valence-corrected chi connectivity index (χ1v) is 9.35. The van der Waals surface area contributed by atoms with Gasteiger partial charge in [-0.2, -0.15) is 11.8 Å². The Bertz CT molecular complexity index is 629. The molecule has 0 saturated carbocycles. The Labute approximate surface area is 123 Å². The second-order valence-electron chi connectivity index (χ2n) is 4.88. The van der Waals surface area contributed by atoms with Gasteiger partial charge < -0.3 is 10.6 Å². The monoisotopic (exact) mass is 314 g/mol. The summed E-state index contributed by atoms with van der Waals surface area (Å²) < 4.78 is 23.8. The SMILES string of the molecule is CC(=O)c1ccc(N2CCSCC2S(C)(=O)=O)cc1N. The van der Waals surface area contributed by atoms with Crippen LogP contribution in [0, 0.1) is 0 Å². The summed E-state index contributed by atoms with van der Waals surface area (Å²) in [5.74, 6) is 1.33. The van der Waals surface area contributed by atoms with E-state index in [-0.39, 0.29) is 5.78 Å². The Morgan fingerprint density at radius 3 is 2.70 bits per heavy atom. The molecule has 0 amide bonds. The summed E-state index contributed by atoms with van der Waals surface area (Å²) >= 11 is 1.63. The Hall–Kier alpha value is -1.21. The van der Waals surface area contributed by atoms with Gasteiger partial charge in [0.1, 0.15) is 5.37 Å². The summed E-state index contributed by atoms with van der Waals surface area (Å²) in [5.41, 5.74) is 7.49. The van der Waals surface area contributed by atoms with Crippen molar-refractivity contribution in [2.45, 2.75) is 12.3 Å². The summed E-state index contributed by atoms with van der Waals surface area (Å²) in [6, 6.07) is 5.11. The average molecular weight is 314 g/mol. The molecule has 7 heteroatoms. The molecule has 1 fully saturated rings. The molecule has 0 aromatic heterocycles. The molecular formula is C13H18N2O3S2. The Kier molecular flexibility index (Phi) is 4.29. The van der Waals surface area contributed by atoms with E-state index in [2.05, 4.69) is 0 Å². The van der Waals surface area contributed by atoms with Crippen molar-refractivity contribution >= 4 is 38.8 Å². The van der Waals surface area contributed by atoms with Crippen LogP contribution in [0.4, 0.5) is 11.4 Å². The molecule has 1 aromatic carbocycles. The van der Waals surface area contributed by atoms with Crippen LogP contribution in [0.3, 0.4) is 0 Å². The van der Waals surface area contributed by atoms with Crippen molar-refractivity contribution in [3.63, 3.8) is 0 Å². The molecule has 2 N–H and O–H groups in total. The lowest BCUT2D eigenvalue weighted by atomic mass is 10.1. The number of Topliss-reactive ketones (excluding diaryl/α,β-unsaturated/α-hetero) is 1. The van der Waals surface area contributed by atoms with Crippen molar-refractivity contribution in [2.75, 3.05) is 34.9 Å². The van der Waals surface area contributed by atoms with Gasteiger partial charge in [-0.15, -0.1) is 0 Å². The number of rotatable bonds is 3. The topological polar surface area (TPSA) is 80.5 Å². The molecule has 0 aliphatic carbocycles. The highest BCUT2D eigenvalue weighted by Crippen LogP contribution is 2.29. The molecule has 1 aliphatic heterocycles. The lowest BCUT2D eigenvalue weighted by molar-refractivity contribution is 0.101. The minimum Gasteiger partial charge on any atom is -0.398 e. The fourth-order valence-electron chi connectivity index (χ4n) is 2.28. The Balaban J connectivity index is 2.38. The molecule has 20 heavy (non-hydrogen) atoms. The van der Waals surface area contributed by atoms with Crippen molar-refractivity contribution in [3.8, 4) is 0 Å². The average Bonchev–Trinajstić information content (AvgIpc) is 2.37. The number of thioether (sulfide) groups is 1. The first-order chi connectivity index (χ1) is 9.30. The van der Waals surface area contributed by atoms with Gasteiger partial charge in [-0.25, -0.2) is 8.42 Å². The number of carbonyl (C=O) groups excluding carboxylic acids is 1. The summed E-state index contributed by atoms with van der Waals surface area (Å²) in [4.78, 5) is 13.2. The smallest absolute Gasteiger partial charge is 0.169 e. The van der Waals surface area contributed by atoms with Gasteiger partial charge in [-0.3, -0.25) is 4.79 Å². The third kappa shape index (κ3) is 3.09. The van der Waals surface area contributed by atoms with E-state index < -0.39 is 15.2 Å². The molecule has 5 nitrogen and oxygen atoms in total. The number of hydrogen-bond donors (Lipinski definition) is 1. The second-order valence-corrected chi connectivity index (χ2v) is 8.23. The minimum atomic E-state index is -3.17. The zero-order valence-electron chi connectivity index (χ0n) is 11.5. The predicted molar refractivity (Wildman–Crippen MR) is 84.2 cm³/mol. The van der Waals surface area contributed by atoms with Crippen LogP contribution in [0.2, 0.25) is 0 Å². The Morgan fingerprint density at radius 2 is 2.15 bits per heavy atom. The molecule has 0 bridgehead atoms. The maximum Gasteiger partial charge on any atom is 0.169 e. The van der Waals surface area contributed by atoms with Crippen LogP contribution in [0.1, 0.15) is 17.3 Å². The molecule has 1 aliphatic rings. The molecule has 1 aromatic rings. The van der Waals surface area contributed by atoms with E-state index in [1.165, 1.54) is 13.2 Å². The number of hydrogen-bond acceptors (Lipinski definition) is 6. The van der Waals surface area contributed by atoms with Crippen molar-refractivity contribution < 1.29 is 13.2 Å². The number of benzene rings is 1. The van der Waals surface area contributed by atoms with E-state index in [1.807, 2.05) is 4.90 Å². The van der Waals surface area contributed by atoms with Gasteiger partial charge >= 0.3 is 0 Å². The quantitative estimate of drug-likeness (QED) is 0.671. The van der Waals surface area contributed by atoms with Gasteiger partial charge in [0.05, 0.1) is 0 Å². The molecule has 1 atom stereocenters. The minimum absolute atomic E-state index is 0.0945. The highest BCUT2D eigenvalue weighted by Gasteiger charge is 2.31. The molecule has 1 heterocycles. The highest BCUT2D eigenvalue weighted by atomic mass is 32.2. The van der Waals surface area contributed by atoms with E-state index >= 15 is 0 Å². The van der Waals surface area contributed by atoms with Gasteiger partial charge in [-0.05, 0) is 25.1 Å². The van der Waals surface area contributed by atoms with E-state index in [0.717, 1.165) is 11.4 Å². The van der Waals surface area contributed by atoms with Crippen LogP contribution < -0.4 is 10.6 Å². The highest BCUT2D eigenvalue weighted by molar-refractivity contribution is 8.01. The molecular weight excluding hydrogens is 296 g/mol. The van der Waals surface area contributed by atoms with E-state index in [4.69, 9.17) is 5.73 Å². The fourth-order valence-corrected chi connectivity index (χ4v) is 5.12. The normalized spacial score (nSPS) is 19.9. The van der Waals surface area contributed by atoms with Gasteiger partial charge in [0.2, 0.25) is 0 Å². The standard InChI is InChI=1S/C13H18N2O3S2/c1-9(16)11-4-3-10(7-12(11)14)15-5-6-19-8-13(15)20(2,17)18/h3-4,7,13H,5-6,8,14H2,1-2H3.